The van der Waals surface area contributed by atoms with Gasteiger partial charge in [0.1, 0.15) is 0 Å². The zero-order valence-corrected chi connectivity index (χ0v) is 18.9. The van der Waals surface area contributed by atoms with Gasteiger partial charge in [0.05, 0.1) is 13.6 Å². The molecule has 150 valence electrons. The van der Waals surface area contributed by atoms with Gasteiger partial charge in [-0.05, 0) is 47.4 Å². The maximum Gasteiger partial charge on any atom is 0.255 e. The summed E-state index contributed by atoms with van der Waals surface area (Å²) in [5.41, 5.74) is 0.874. The van der Waals surface area contributed by atoms with E-state index in [4.69, 9.17) is 0 Å². The monoisotopic (exact) mass is 481 g/mol. The summed E-state index contributed by atoms with van der Waals surface area (Å²) in [6, 6.07) is 3.83. The van der Waals surface area contributed by atoms with Crippen molar-refractivity contribution < 1.29 is 4.79 Å². The first-order valence-corrected chi connectivity index (χ1v) is 12.3. The molecule has 0 aliphatic carbocycles. The zero-order valence-electron chi connectivity index (χ0n) is 15.7. The second-order valence-corrected chi connectivity index (χ2v) is 10.8. The van der Waals surface area contributed by atoms with Crippen molar-refractivity contribution in [3.8, 4) is 0 Å². The van der Waals surface area contributed by atoms with Gasteiger partial charge in [-0.1, -0.05) is 0 Å². The minimum atomic E-state index is 0.193. The van der Waals surface area contributed by atoms with Crippen molar-refractivity contribution in [2.75, 3.05) is 56.5 Å². The van der Waals surface area contributed by atoms with Gasteiger partial charge in [0.15, 0.2) is 0 Å². The van der Waals surface area contributed by atoms with Crippen LogP contribution in [-0.2, 0) is 0 Å². The predicted octanol–water partition coefficient (Wildman–Crippen LogP) is 3.45. The summed E-state index contributed by atoms with van der Waals surface area (Å²) in [4.78, 5) is 28.3. The number of anilines is 1. The second kappa shape index (κ2) is 9.56. The fourth-order valence-electron chi connectivity index (χ4n) is 3.60. The number of hydrogen-bond acceptors (Lipinski definition) is 7. The van der Waals surface area contributed by atoms with Crippen LogP contribution in [-0.4, -0.2) is 77.2 Å². The lowest BCUT2D eigenvalue weighted by molar-refractivity contribution is 0.0761. The number of hydrogen-bond donors (Lipinski definition) is 0. The molecular weight excluding hydrogens is 458 g/mol. The molecule has 1 fully saturated rings. The van der Waals surface area contributed by atoms with Gasteiger partial charge in [-0.15, -0.1) is 23.1 Å². The van der Waals surface area contributed by atoms with E-state index < -0.39 is 0 Å². The molecular formula is C19H24BrN5OS2. The zero-order chi connectivity index (χ0) is 19.3. The Bertz CT molecular complexity index is 795. The van der Waals surface area contributed by atoms with Gasteiger partial charge in [0.25, 0.3) is 5.91 Å². The van der Waals surface area contributed by atoms with E-state index in [-0.39, 0.29) is 5.91 Å². The lowest BCUT2D eigenvalue weighted by atomic mass is 10.2. The fraction of sp³-hybridized carbons (Fsp3) is 0.526. The van der Waals surface area contributed by atoms with Gasteiger partial charge in [0.2, 0.25) is 5.95 Å². The quantitative estimate of drug-likeness (QED) is 0.588. The number of fused-ring (bicyclic) bond motifs is 1. The summed E-state index contributed by atoms with van der Waals surface area (Å²) in [6.45, 7) is 6.83. The van der Waals surface area contributed by atoms with Crippen molar-refractivity contribution >= 4 is 50.9 Å². The van der Waals surface area contributed by atoms with Crippen molar-refractivity contribution in [2.45, 2.75) is 17.1 Å². The smallest absolute Gasteiger partial charge is 0.255 e. The molecule has 4 heterocycles. The van der Waals surface area contributed by atoms with Gasteiger partial charge in [-0.25, -0.2) is 9.97 Å². The number of nitrogens with zero attached hydrogens (tertiary/aromatic N) is 5. The molecule has 28 heavy (non-hydrogen) atoms. The van der Waals surface area contributed by atoms with E-state index in [9.17, 15) is 4.79 Å². The summed E-state index contributed by atoms with van der Waals surface area (Å²) in [7, 11) is 0. The van der Waals surface area contributed by atoms with Crippen LogP contribution in [0.3, 0.4) is 0 Å². The van der Waals surface area contributed by atoms with E-state index in [2.05, 4.69) is 35.7 Å². The number of piperazine rings is 1. The third-order valence-corrected chi connectivity index (χ3v) is 8.04. The van der Waals surface area contributed by atoms with Crippen molar-refractivity contribution in [1.29, 1.82) is 0 Å². The number of thiophene rings is 1. The number of amides is 1. The maximum atomic E-state index is 12.8. The topological polar surface area (TPSA) is 52.6 Å². The SMILES string of the molecule is O=C1c2cc(Br)sc2SCCN1CCCCN1CCN(c2ncccn2)CC1. The van der Waals surface area contributed by atoms with Crippen LogP contribution in [0.2, 0.25) is 0 Å². The Morgan fingerprint density at radius 1 is 1.04 bits per heavy atom. The molecule has 2 aromatic heterocycles. The largest absolute Gasteiger partial charge is 0.338 e. The van der Waals surface area contributed by atoms with Crippen molar-refractivity contribution in [2.24, 2.45) is 0 Å². The molecule has 0 atom stereocenters. The van der Waals surface area contributed by atoms with Crippen molar-refractivity contribution in [3.63, 3.8) is 0 Å². The molecule has 4 rings (SSSR count). The third kappa shape index (κ3) is 4.87. The Kier molecular flexibility index (Phi) is 6.87. The van der Waals surface area contributed by atoms with Crippen molar-refractivity contribution in [3.05, 3.63) is 33.9 Å². The highest BCUT2D eigenvalue weighted by atomic mass is 79.9. The van der Waals surface area contributed by atoms with Crippen LogP contribution in [0.1, 0.15) is 23.2 Å². The van der Waals surface area contributed by atoms with Crippen LogP contribution >= 0.6 is 39.0 Å². The number of carbonyl (C=O) groups is 1. The average molecular weight is 482 g/mol. The van der Waals surface area contributed by atoms with Gasteiger partial charge in [-0.2, -0.15) is 0 Å². The number of rotatable bonds is 6. The van der Waals surface area contributed by atoms with Gasteiger partial charge < -0.3 is 9.80 Å². The van der Waals surface area contributed by atoms with Gasteiger partial charge in [0, 0.05) is 57.4 Å². The molecule has 0 N–H and O–H groups in total. The molecule has 0 aromatic carbocycles. The highest BCUT2D eigenvalue weighted by molar-refractivity contribution is 9.11. The summed E-state index contributed by atoms with van der Waals surface area (Å²) in [6.07, 6.45) is 5.78. The standard InChI is InChI=1S/C19H24BrN5OS2/c20-16-14-15-17(26)24(12-13-27-18(15)28-16)7-2-1-6-23-8-10-25(11-9-23)19-21-4-3-5-22-19/h3-5,14H,1-2,6-13H2. The van der Waals surface area contributed by atoms with Gasteiger partial charge in [-0.3, -0.25) is 9.69 Å². The normalized spacial score (nSPS) is 18.2. The maximum absolute atomic E-state index is 12.8. The lowest BCUT2D eigenvalue weighted by Gasteiger charge is -2.34. The van der Waals surface area contributed by atoms with E-state index in [1.807, 2.05) is 17.0 Å². The van der Waals surface area contributed by atoms with E-state index in [1.54, 1.807) is 35.5 Å². The highest BCUT2D eigenvalue weighted by Crippen LogP contribution is 2.37. The molecule has 0 spiro atoms. The van der Waals surface area contributed by atoms with Gasteiger partial charge >= 0.3 is 0 Å². The number of unbranched alkanes of at least 4 members (excludes halogenated alkanes) is 1. The summed E-state index contributed by atoms with van der Waals surface area (Å²) >= 11 is 6.98. The Balaban J connectivity index is 1.19. The van der Waals surface area contributed by atoms with Crippen LogP contribution in [0.25, 0.3) is 0 Å². The Morgan fingerprint density at radius 2 is 1.79 bits per heavy atom. The minimum Gasteiger partial charge on any atom is -0.338 e. The molecule has 0 saturated carbocycles. The Hall–Kier alpha value is -1.16. The second-order valence-electron chi connectivity index (χ2n) is 6.98. The van der Waals surface area contributed by atoms with E-state index in [0.717, 1.165) is 83.9 Å². The molecule has 2 aliphatic rings. The van der Waals surface area contributed by atoms with Crippen LogP contribution in [0.15, 0.2) is 32.5 Å². The molecule has 2 aromatic rings. The number of halogens is 1. The molecule has 2 aliphatic heterocycles. The average Bonchev–Trinajstić information content (AvgIpc) is 3.04. The predicted molar refractivity (Wildman–Crippen MR) is 119 cm³/mol. The molecule has 1 amide bonds. The minimum absolute atomic E-state index is 0.193. The number of aromatic nitrogens is 2. The Morgan fingerprint density at radius 3 is 2.57 bits per heavy atom. The highest BCUT2D eigenvalue weighted by Gasteiger charge is 2.25. The molecule has 0 unspecified atom stereocenters. The van der Waals surface area contributed by atoms with Crippen LogP contribution in [0, 0.1) is 0 Å². The first kappa shape index (κ1) is 20.1. The summed E-state index contributed by atoms with van der Waals surface area (Å²) in [5, 5.41) is 0. The van der Waals surface area contributed by atoms with Crippen molar-refractivity contribution in [1.82, 2.24) is 19.8 Å². The molecule has 1 saturated heterocycles. The first-order valence-electron chi connectivity index (χ1n) is 9.66. The van der Waals surface area contributed by atoms with E-state index in [1.165, 1.54) is 0 Å². The first-order chi connectivity index (χ1) is 13.7. The molecule has 0 radical (unpaired) electrons. The van der Waals surface area contributed by atoms with Crippen LogP contribution in [0.4, 0.5) is 5.95 Å². The molecule has 0 bridgehead atoms. The summed E-state index contributed by atoms with van der Waals surface area (Å²) in [5.74, 6) is 2.01. The van der Waals surface area contributed by atoms with E-state index >= 15 is 0 Å². The molecule has 9 heteroatoms. The third-order valence-electron chi connectivity index (χ3n) is 5.14. The van der Waals surface area contributed by atoms with Crippen LogP contribution in [0.5, 0.6) is 0 Å². The fourth-order valence-corrected chi connectivity index (χ4v) is 6.80. The molecule has 6 nitrogen and oxygen atoms in total. The van der Waals surface area contributed by atoms with E-state index in [0.29, 0.717) is 0 Å². The summed E-state index contributed by atoms with van der Waals surface area (Å²) < 4.78 is 2.19. The Labute approximate surface area is 182 Å². The number of thioether (sulfide) groups is 1. The number of carbonyl (C=O) groups excluding carboxylic acids is 1. The van der Waals surface area contributed by atoms with Crippen LogP contribution < -0.4 is 4.90 Å². The lowest BCUT2D eigenvalue weighted by Crippen LogP contribution is -2.47.